The van der Waals surface area contributed by atoms with Crippen molar-refractivity contribution >= 4 is 32.2 Å². The summed E-state index contributed by atoms with van der Waals surface area (Å²) in [7, 11) is -5.45. The lowest BCUT2D eigenvalue weighted by Gasteiger charge is -2.02. The van der Waals surface area contributed by atoms with E-state index in [2.05, 4.69) is 0 Å². The van der Waals surface area contributed by atoms with Crippen LogP contribution in [-0.4, -0.2) is 16.8 Å². The Morgan fingerprint density at radius 3 is 1.31 bits per heavy atom. The van der Waals surface area contributed by atoms with E-state index in [0.717, 1.165) is 0 Å². The van der Waals surface area contributed by atoms with Gasteiger partial charge in [-0.3, -0.25) is 0 Å². The van der Waals surface area contributed by atoms with Crippen LogP contribution in [0.15, 0.2) is 46.2 Å². The molecule has 0 heterocycles. The van der Waals surface area contributed by atoms with Gasteiger partial charge in [0.15, 0.2) is 21.4 Å². The van der Waals surface area contributed by atoms with Crippen LogP contribution in [0.25, 0.3) is 10.8 Å². The standard InChI is InChI=1S/C10H8O4S2/c11-15(12)9-5-1-3-7-8(9)4-2-6-10(7)16(13)14/h1-6,15-16H. The lowest BCUT2D eigenvalue weighted by Crippen LogP contribution is -1.87. The SMILES string of the molecule is O=[SH](=O)c1cccc2c([SH](=O)=O)cccc12. The van der Waals surface area contributed by atoms with Crippen LogP contribution in [-0.2, 0) is 21.4 Å². The molecule has 0 aromatic heterocycles. The molecule has 0 atom stereocenters. The number of hydrogen-bond acceptors (Lipinski definition) is 4. The van der Waals surface area contributed by atoms with E-state index in [9.17, 15) is 16.8 Å². The Kier molecular flexibility index (Phi) is 2.93. The predicted octanol–water partition coefficient (Wildman–Crippen LogP) is 0.780. The van der Waals surface area contributed by atoms with Gasteiger partial charge < -0.3 is 0 Å². The minimum Gasteiger partial charge on any atom is -0.227 e. The summed E-state index contributed by atoms with van der Waals surface area (Å²) in [6.07, 6.45) is 0. The van der Waals surface area contributed by atoms with Gasteiger partial charge in [-0.15, -0.1) is 0 Å². The zero-order valence-corrected chi connectivity index (χ0v) is 9.78. The highest BCUT2D eigenvalue weighted by Crippen LogP contribution is 2.24. The third kappa shape index (κ3) is 1.81. The van der Waals surface area contributed by atoms with Crippen LogP contribution in [0, 0.1) is 0 Å². The molecule has 0 spiro atoms. The van der Waals surface area contributed by atoms with Crippen molar-refractivity contribution in [1.29, 1.82) is 0 Å². The molecule has 0 saturated carbocycles. The largest absolute Gasteiger partial charge is 0.227 e. The number of fused-ring (bicyclic) bond motifs is 1. The van der Waals surface area contributed by atoms with Gasteiger partial charge in [-0.1, -0.05) is 24.3 Å². The summed E-state index contributed by atoms with van der Waals surface area (Å²) in [6.45, 7) is 0. The third-order valence-corrected chi connectivity index (χ3v) is 3.84. The van der Waals surface area contributed by atoms with E-state index in [0.29, 0.717) is 10.8 Å². The van der Waals surface area contributed by atoms with Crippen molar-refractivity contribution in [1.82, 2.24) is 0 Å². The third-order valence-electron chi connectivity index (χ3n) is 2.27. The van der Waals surface area contributed by atoms with Gasteiger partial charge in [-0.25, -0.2) is 16.8 Å². The highest BCUT2D eigenvalue weighted by atomic mass is 32.2. The number of hydrogen-bond donors (Lipinski definition) is 2. The molecule has 0 fully saturated rings. The number of thiol groups is 2. The molecule has 84 valence electrons. The van der Waals surface area contributed by atoms with E-state index in [1.807, 2.05) is 0 Å². The molecule has 0 N–H and O–H groups in total. The van der Waals surface area contributed by atoms with Gasteiger partial charge >= 0.3 is 0 Å². The fourth-order valence-corrected chi connectivity index (χ4v) is 2.79. The van der Waals surface area contributed by atoms with Crippen LogP contribution in [0.2, 0.25) is 0 Å². The minimum atomic E-state index is -2.72. The summed E-state index contributed by atoms with van der Waals surface area (Å²) in [4.78, 5) is 0.289. The first-order valence-corrected chi connectivity index (χ1v) is 6.77. The lowest BCUT2D eigenvalue weighted by molar-refractivity contribution is 0.613. The topological polar surface area (TPSA) is 68.3 Å². The first-order chi connectivity index (χ1) is 7.61. The second kappa shape index (κ2) is 4.23. The molecular weight excluding hydrogens is 248 g/mol. The molecule has 2 aromatic rings. The second-order valence-corrected chi connectivity index (χ2v) is 5.16. The monoisotopic (exact) mass is 256 g/mol. The fourth-order valence-electron chi connectivity index (χ4n) is 1.60. The van der Waals surface area contributed by atoms with Gasteiger partial charge in [-0.05, 0) is 12.1 Å². The van der Waals surface area contributed by atoms with Crippen LogP contribution < -0.4 is 0 Å². The first kappa shape index (κ1) is 11.1. The normalized spacial score (nSPS) is 11.4. The summed E-state index contributed by atoms with van der Waals surface area (Å²) >= 11 is 0. The van der Waals surface area contributed by atoms with Crippen molar-refractivity contribution in [3.05, 3.63) is 36.4 Å². The molecule has 0 aliphatic carbocycles. The molecule has 0 unspecified atom stereocenters. The van der Waals surface area contributed by atoms with Crippen molar-refractivity contribution in [3.8, 4) is 0 Å². The summed E-state index contributed by atoms with van der Waals surface area (Å²) < 4.78 is 43.9. The van der Waals surface area contributed by atoms with Gasteiger partial charge in [0.25, 0.3) is 0 Å². The quantitative estimate of drug-likeness (QED) is 0.779. The molecule has 2 aromatic carbocycles. The maximum atomic E-state index is 11.0. The first-order valence-electron chi connectivity index (χ1n) is 4.42. The molecular formula is C10H8O4S2. The summed E-state index contributed by atoms with van der Waals surface area (Å²) in [6, 6.07) is 9.16. The number of rotatable bonds is 2. The van der Waals surface area contributed by atoms with Gasteiger partial charge in [0.2, 0.25) is 0 Å². The maximum Gasteiger partial charge on any atom is 0.168 e. The average Bonchev–Trinajstić information content (AvgIpc) is 2.27. The van der Waals surface area contributed by atoms with Crippen molar-refractivity contribution in [2.24, 2.45) is 0 Å². The van der Waals surface area contributed by atoms with Gasteiger partial charge in [0.1, 0.15) is 0 Å². The lowest BCUT2D eigenvalue weighted by atomic mass is 10.1. The van der Waals surface area contributed by atoms with E-state index in [4.69, 9.17) is 0 Å². The Labute approximate surface area is 95.4 Å². The minimum absolute atomic E-state index is 0.145. The molecule has 16 heavy (non-hydrogen) atoms. The molecule has 0 radical (unpaired) electrons. The maximum absolute atomic E-state index is 11.0. The molecule has 0 aliphatic heterocycles. The predicted molar refractivity (Wildman–Crippen MR) is 61.1 cm³/mol. The van der Waals surface area contributed by atoms with Crippen molar-refractivity contribution < 1.29 is 16.8 Å². The molecule has 0 saturated heterocycles. The Hall–Kier alpha value is -1.40. The average molecular weight is 256 g/mol. The Morgan fingerprint density at radius 1 is 0.625 bits per heavy atom. The smallest absolute Gasteiger partial charge is 0.168 e. The van der Waals surface area contributed by atoms with Gasteiger partial charge in [-0.2, -0.15) is 0 Å². The van der Waals surface area contributed by atoms with E-state index < -0.39 is 21.4 Å². The highest BCUT2D eigenvalue weighted by Gasteiger charge is 2.07. The van der Waals surface area contributed by atoms with Gasteiger partial charge in [0.05, 0.1) is 9.79 Å². The molecule has 0 amide bonds. The van der Waals surface area contributed by atoms with Gasteiger partial charge in [0, 0.05) is 10.8 Å². The van der Waals surface area contributed by atoms with Crippen LogP contribution in [0.3, 0.4) is 0 Å². The van der Waals surface area contributed by atoms with Crippen LogP contribution >= 0.6 is 0 Å². The summed E-state index contributed by atoms with van der Waals surface area (Å²) in [5.41, 5.74) is 0. The molecule has 0 aliphatic rings. The fraction of sp³-hybridized carbons (Fsp3) is 0. The summed E-state index contributed by atoms with van der Waals surface area (Å²) in [5.74, 6) is 0. The Balaban J connectivity index is 2.97. The van der Waals surface area contributed by atoms with Crippen LogP contribution in [0.5, 0.6) is 0 Å². The van der Waals surface area contributed by atoms with E-state index in [1.54, 1.807) is 12.1 Å². The Bertz CT molecular complexity index is 622. The zero-order valence-electron chi connectivity index (χ0n) is 7.99. The summed E-state index contributed by atoms with van der Waals surface area (Å²) in [5, 5.41) is 0.880. The number of benzene rings is 2. The Morgan fingerprint density at radius 2 is 1.00 bits per heavy atom. The van der Waals surface area contributed by atoms with E-state index >= 15 is 0 Å². The zero-order chi connectivity index (χ0) is 11.7. The van der Waals surface area contributed by atoms with Crippen LogP contribution in [0.1, 0.15) is 0 Å². The highest BCUT2D eigenvalue weighted by molar-refractivity contribution is 7.73. The van der Waals surface area contributed by atoms with E-state index in [1.165, 1.54) is 24.3 Å². The molecule has 2 rings (SSSR count). The second-order valence-electron chi connectivity index (χ2n) is 3.16. The van der Waals surface area contributed by atoms with Crippen LogP contribution in [0.4, 0.5) is 0 Å². The molecule has 0 bridgehead atoms. The van der Waals surface area contributed by atoms with E-state index in [-0.39, 0.29) is 9.79 Å². The molecule has 4 nitrogen and oxygen atoms in total. The van der Waals surface area contributed by atoms with Crippen molar-refractivity contribution in [2.45, 2.75) is 9.79 Å². The van der Waals surface area contributed by atoms with Crippen molar-refractivity contribution in [3.63, 3.8) is 0 Å². The molecule has 6 heteroatoms. The van der Waals surface area contributed by atoms with Crippen molar-refractivity contribution in [2.75, 3.05) is 0 Å².